The van der Waals surface area contributed by atoms with Crippen molar-refractivity contribution in [2.75, 3.05) is 33.9 Å². The van der Waals surface area contributed by atoms with Gasteiger partial charge in [0.05, 0.1) is 19.2 Å². The fourth-order valence-corrected chi connectivity index (χ4v) is 4.10. The van der Waals surface area contributed by atoms with E-state index in [1.165, 1.54) is 5.56 Å². The maximum absolute atomic E-state index is 10.5. The van der Waals surface area contributed by atoms with Crippen molar-refractivity contribution in [3.05, 3.63) is 52.5 Å². The number of hydrogen-bond donors (Lipinski definition) is 1. The molecule has 1 aliphatic heterocycles. The summed E-state index contributed by atoms with van der Waals surface area (Å²) in [7, 11) is 3.26. The second-order valence-corrected chi connectivity index (χ2v) is 7.78. The second-order valence-electron chi connectivity index (χ2n) is 7.37. The van der Waals surface area contributed by atoms with Gasteiger partial charge in [-0.3, -0.25) is 4.90 Å². The molecule has 1 heterocycles. The first-order chi connectivity index (χ1) is 14.5. The number of halogens is 1. The van der Waals surface area contributed by atoms with E-state index in [0.717, 1.165) is 37.3 Å². The van der Waals surface area contributed by atoms with Crippen LogP contribution in [0.4, 0.5) is 0 Å². The Morgan fingerprint density at radius 2 is 2.00 bits per heavy atom. The third kappa shape index (κ3) is 5.37. The smallest absolute Gasteiger partial charge is 0.160 e. The number of nitrogens with zero attached hydrogens (tertiary/aromatic N) is 2. The minimum atomic E-state index is -0.665. The summed E-state index contributed by atoms with van der Waals surface area (Å²) in [4.78, 5) is 2.30. The van der Waals surface area contributed by atoms with E-state index in [2.05, 4.69) is 11.0 Å². The maximum atomic E-state index is 10.5. The van der Waals surface area contributed by atoms with Gasteiger partial charge in [0.1, 0.15) is 30.1 Å². The molecule has 2 atom stereocenters. The summed E-state index contributed by atoms with van der Waals surface area (Å²) in [5.74, 6) is 1.84. The number of hydrogen-bond acceptors (Lipinski definition) is 6. The van der Waals surface area contributed by atoms with Gasteiger partial charge in [-0.2, -0.15) is 5.26 Å². The third-order valence-corrected chi connectivity index (χ3v) is 5.70. The highest BCUT2D eigenvalue weighted by atomic mass is 35.5. The van der Waals surface area contributed by atoms with Gasteiger partial charge in [-0.1, -0.05) is 23.7 Å². The van der Waals surface area contributed by atoms with E-state index in [9.17, 15) is 10.4 Å². The van der Waals surface area contributed by atoms with Crippen LogP contribution >= 0.6 is 11.6 Å². The number of ether oxygens (including phenoxy) is 3. The molecule has 1 aliphatic rings. The molecular formula is C23H27ClN2O4. The zero-order chi connectivity index (χ0) is 21.5. The highest BCUT2D eigenvalue weighted by molar-refractivity contribution is 6.31. The lowest BCUT2D eigenvalue weighted by Gasteiger charge is -2.27. The predicted octanol–water partition coefficient (Wildman–Crippen LogP) is 3.68. The summed E-state index contributed by atoms with van der Waals surface area (Å²) in [5, 5.41) is 20.1. The molecule has 7 heteroatoms. The maximum Gasteiger partial charge on any atom is 0.160 e. The number of likely N-dealkylation sites (tertiary alicyclic amines) is 1. The molecule has 0 bridgehead atoms. The van der Waals surface area contributed by atoms with Gasteiger partial charge >= 0.3 is 0 Å². The average Bonchev–Trinajstić information content (AvgIpc) is 3.18. The summed E-state index contributed by atoms with van der Waals surface area (Å²) < 4.78 is 16.4. The van der Waals surface area contributed by atoms with E-state index in [1.54, 1.807) is 32.4 Å². The molecule has 1 saturated heterocycles. The van der Waals surface area contributed by atoms with Crippen LogP contribution in [0.1, 0.15) is 24.0 Å². The van der Waals surface area contributed by atoms with Gasteiger partial charge in [-0.25, -0.2) is 0 Å². The van der Waals surface area contributed by atoms with Crippen LogP contribution < -0.4 is 14.2 Å². The number of nitriles is 1. The van der Waals surface area contributed by atoms with Crippen molar-refractivity contribution in [2.45, 2.75) is 31.4 Å². The number of β-amino-alcohol motifs (C(OH)–C–C–N with tert-alkyl or cyclic N) is 1. The number of rotatable bonds is 9. The van der Waals surface area contributed by atoms with Crippen molar-refractivity contribution in [3.8, 4) is 23.3 Å². The Morgan fingerprint density at radius 3 is 2.73 bits per heavy atom. The Labute approximate surface area is 182 Å². The molecule has 30 heavy (non-hydrogen) atoms. The Bertz CT molecular complexity index is 899. The molecule has 0 aromatic heterocycles. The van der Waals surface area contributed by atoms with E-state index in [0.29, 0.717) is 28.9 Å². The highest BCUT2D eigenvalue weighted by Gasteiger charge is 2.27. The fraction of sp³-hybridized carbons (Fsp3) is 0.435. The monoisotopic (exact) mass is 430 g/mol. The van der Waals surface area contributed by atoms with Crippen LogP contribution in [0.2, 0.25) is 5.02 Å². The normalized spacial score (nSPS) is 17.4. The van der Waals surface area contributed by atoms with E-state index < -0.39 is 6.10 Å². The molecule has 0 radical (unpaired) electrons. The molecule has 6 nitrogen and oxygen atoms in total. The Hall–Kier alpha value is -2.46. The molecule has 3 rings (SSSR count). The van der Waals surface area contributed by atoms with E-state index in [1.807, 2.05) is 18.2 Å². The minimum Gasteiger partial charge on any atom is -0.493 e. The van der Waals surface area contributed by atoms with Gasteiger partial charge < -0.3 is 19.3 Å². The molecule has 0 amide bonds. The van der Waals surface area contributed by atoms with Crippen molar-refractivity contribution in [3.63, 3.8) is 0 Å². The largest absolute Gasteiger partial charge is 0.493 e. The SMILES string of the molecule is COc1ccc(C[C@@H]2CCCN2CC(O)COc2cccc(Cl)c2C#N)cc1OC. The van der Waals surface area contributed by atoms with Crippen LogP contribution in [0.3, 0.4) is 0 Å². The first-order valence-electron chi connectivity index (χ1n) is 10.00. The minimum absolute atomic E-state index is 0.106. The standard InChI is InChI=1S/C23H27ClN2O4/c1-28-22-9-8-16(12-23(22)29-2)11-17-5-4-10-26(17)14-18(27)15-30-21-7-3-6-20(24)19(21)13-25/h3,6-9,12,17-18,27H,4-5,10-11,14-15H2,1-2H3/t17-,18?/m0/s1. The molecule has 0 spiro atoms. The van der Waals surface area contributed by atoms with Crippen LogP contribution in [0.25, 0.3) is 0 Å². The predicted molar refractivity (Wildman–Crippen MR) is 116 cm³/mol. The number of benzene rings is 2. The topological polar surface area (TPSA) is 75.0 Å². The van der Waals surface area contributed by atoms with Gasteiger partial charge in [0.25, 0.3) is 0 Å². The Morgan fingerprint density at radius 1 is 1.20 bits per heavy atom. The highest BCUT2D eigenvalue weighted by Crippen LogP contribution is 2.30. The fourth-order valence-electron chi connectivity index (χ4n) is 3.89. The summed E-state index contributed by atoms with van der Waals surface area (Å²) in [5.41, 5.74) is 1.46. The first kappa shape index (κ1) is 22.2. The zero-order valence-corrected chi connectivity index (χ0v) is 18.1. The zero-order valence-electron chi connectivity index (χ0n) is 17.3. The Kier molecular flexibility index (Phi) is 7.81. The van der Waals surface area contributed by atoms with E-state index >= 15 is 0 Å². The molecule has 160 valence electrons. The first-order valence-corrected chi connectivity index (χ1v) is 10.4. The molecule has 0 saturated carbocycles. The van der Waals surface area contributed by atoms with E-state index in [-0.39, 0.29) is 6.61 Å². The summed E-state index contributed by atoms with van der Waals surface area (Å²) >= 11 is 6.03. The lowest BCUT2D eigenvalue weighted by atomic mass is 10.0. The van der Waals surface area contributed by atoms with Gasteiger partial charge in [0.2, 0.25) is 0 Å². The number of aliphatic hydroxyl groups excluding tert-OH is 1. The molecule has 1 fully saturated rings. The molecule has 1 N–H and O–H groups in total. The number of aliphatic hydroxyl groups is 1. The van der Waals surface area contributed by atoms with Gasteiger partial charge in [-0.15, -0.1) is 0 Å². The lowest BCUT2D eigenvalue weighted by molar-refractivity contribution is 0.0638. The van der Waals surface area contributed by atoms with Crippen LogP contribution in [0.15, 0.2) is 36.4 Å². The van der Waals surface area contributed by atoms with Crippen molar-refractivity contribution in [2.24, 2.45) is 0 Å². The van der Waals surface area contributed by atoms with Crippen LogP contribution in [-0.4, -0.2) is 56.1 Å². The van der Waals surface area contributed by atoms with Gasteiger partial charge in [-0.05, 0) is 55.6 Å². The number of methoxy groups -OCH3 is 2. The van der Waals surface area contributed by atoms with Crippen LogP contribution in [-0.2, 0) is 6.42 Å². The van der Waals surface area contributed by atoms with Crippen molar-refractivity contribution in [1.29, 1.82) is 5.26 Å². The van der Waals surface area contributed by atoms with Gasteiger partial charge in [0.15, 0.2) is 11.5 Å². The van der Waals surface area contributed by atoms with Gasteiger partial charge in [0, 0.05) is 12.6 Å². The van der Waals surface area contributed by atoms with Crippen molar-refractivity contribution < 1.29 is 19.3 Å². The van der Waals surface area contributed by atoms with Crippen molar-refractivity contribution in [1.82, 2.24) is 4.90 Å². The molecule has 2 aromatic rings. The molecule has 2 aromatic carbocycles. The summed E-state index contributed by atoms with van der Waals surface area (Å²) in [6.45, 7) is 1.56. The quantitative estimate of drug-likeness (QED) is 0.654. The summed E-state index contributed by atoms with van der Waals surface area (Å²) in [6, 6.07) is 13.4. The van der Waals surface area contributed by atoms with Crippen LogP contribution in [0, 0.1) is 11.3 Å². The lowest BCUT2D eigenvalue weighted by Crippen LogP contribution is -2.39. The molecule has 1 unspecified atom stereocenters. The average molecular weight is 431 g/mol. The third-order valence-electron chi connectivity index (χ3n) is 5.38. The summed E-state index contributed by atoms with van der Waals surface area (Å²) in [6.07, 6.45) is 2.38. The molecule has 0 aliphatic carbocycles. The van der Waals surface area contributed by atoms with Crippen molar-refractivity contribution >= 4 is 11.6 Å². The Balaban J connectivity index is 1.57. The van der Waals surface area contributed by atoms with Crippen LogP contribution in [0.5, 0.6) is 17.2 Å². The van der Waals surface area contributed by atoms with E-state index in [4.69, 9.17) is 25.8 Å². The second kappa shape index (κ2) is 10.5. The molecular weight excluding hydrogens is 404 g/mol.